The summed E-state index contributed by atoms with van der Waals surface area (Å²) in [5, 5.41) is 12.7. The van der Waals surface area contributed by atoms with Crippen molar-refractivity contribution in [3.63, 3.8) is 0 Å². The minimum atomic E-state index is -0.950. The molecule has 3 aromatic carbocycles. The summed E-state index contributed by atoms with van der Waals surface area (Å²) in [6.07, 6.45) is 1.75. The molecule has 0 bridgehead atoms. The molecule has 1 aromatic heterocycles. The first-order valence-corrected chi connectivity index (χ1v) is 11.3. The largest absolute Gasteiger partial charge is 0.497 e. The molecule has 1 atom stereocenters. The summed E-state index contributed by atoms with van der Waals surface area (Å²) in [6, 6.07) is 23.5. The van der Waals surface area contributed by atoms with Crippen LogP contribution in [0.4, 0.5) is 5.82 Å². The van der Waals surface area contributed by atoms with Gasteiger partial charge in [-0.05, 0) is 47.5 Å². The molecule has 184 valence electrons. The maximum Gasteiger partial charge on any atom is 0.326 e. The number of hydrogen-bond acceptors (Lipinski definition) is 7. The smallest absolute Gasteiger partial charge is 0.326 e. The summed E-state index contributed by atoms with van der Waals surface area (Å²) >= 11 is 0. The number of rotatable bonds is 11. The average molecular weight is 486 g/mol. The number of ether oxygens (including phenoxy) is 3. The molecular weight excluding hydrogens is 458 g/mol. The van der Waals surface area contributed by atoms with Gasteiger partial charge in [-0.1, -0.05) is 30.3 Å². The van der Waals surface area contributed by atoms with E-state index in [2.05, 4.69) is 15.3 Å². The highest BCUT2D eigenvalue weighted by Crippen LogP contribution is 2.25. The number of hydrogen-bond donors (Lipinski definition) is 2. The summed E-state index contributed by atoms with van der Waals surface area (Å²) < 4.78 is 16.5. The molecule has 0 saturated heterocycles. The molecule has 36 heavy (non-hydrogen) atoms. The fraction of sp³-hybridized carbons (Fsp3) is 0.179. The summed E-state index contributed by atoms with van der Waals surface area (Å²) in [6.45, 7) is 0.354. The first kappa shape index (κ1) is 24.5. The first-order valence-electron chi connectivity index (χ1n) is 11.3. The van der Waals surface area contributed by atoms with Crippen molar-refractivity contribution in [1.29, 1.82) is 0 Å². The number of aliphatic carboxylic acids is 1. The molecule has 8 heteroatoms. The van der Waals surface area contributed by atoms with Gasteiger partial charge in [-0.2, -0.15) is 0 Å². The molecule has 4 aromatic rings. The van der Waals surface area contributed by atoms with Crippen molar-refractivity contribution in [2.45, 2.75) is 19.1 Å². The van der Waals surface area contributed by atoms with Crippen LogP contribution in [0.3, 0.4) is 0 Å². The maximum absolute atomic E-state index is 11.8. The van der Waals surface area contributed by atoms with E-state index in [9.17, 15) is 9.90 Å². The van der Waals surface area contributed by atoms with Gasteiger partial charge >= 0.3 is 5.97 Å². The van der Waals surface area contributed by atoms with E-state index >= 15 is 0 Å². The van der Waals surface area contributed by atoms with Gasteiger partial charge < -0.3 is 24.6 Å². The Morgan fingerprint density at radius 2 is 1.56 bits per heavy atom. The van der Waals surface area contributed by atoms with Crippen LogP contribution in [-0.2, 0) is 17.8 Å². The number of methoxy groups -OCH3 is 2. The summed E-state index contributed by atoms with van der Waals surface area (Å²) in [5.41, 5.74) is 3.37. The number of benzene rings is 3. The van der Waals surface area contributed by atoms with Gasteiger partial charge in [0.1, 0.15) is 42.0 Å². The van der Waals surface area contributed by atoms with Gasteiger partial charge in [-0.15, -0.1) is 0 Å². The van der Waals surface area contributed by atoms with Gasteiger partial charge in [0, 0.05) is 24.1 Å². The zero-order chi connectivity index (χ0) is 25.3. The normalized spacial score (nSPS) is 11.4. The highest BCUT2D eigenvalue weighted by atomic mass is 16.5. The zero-order valence-electron chi connectivity index (χ0n) is 20.0. The number of nitrogens with zero attached hydrogens (tertiary/aromatic N) is 2. The molecule has 0 aliphatic heterocycles. The third-order valence-corrected chi connectivity index (χ3v) is 5.54. The lowest BCUT2D eigenvalue weighted by atomic mass is 10.1. The van der Waals surface area contributed by atoms with Gasteiger partial charge in [0.25, 0.3) is 0 Å². The van der Waals surface area contributed by atoms with Crippen LogP contribution >= 0.6 is 0 Å². The average Bonchev–Trinajstić information content (AvgIpc) is 2.92. The van der Waals surface area contributed by atoms with Crippen LogP contribution in [0.15, 0.2) is 85.2 Å². The molecule has 1 heterocycles. The molecule has 0 aliphatic carbocycles. The highest BCUT2D eigenvalue weighted by molar-refractivity contribution is 5.77. The van der Waals surface area contributed by atoms with Crippen LogP contribution in [0.5, 0.6) is 17.2 Å². The van der Waals surface area contributed by atoms with E-state index in [0.29, 0.717) is 41.8 Å². The highest BCUT2D eigenvalue weighted by Gasteiger charge is 2.18. The van der Waals surface area contributed by atoms with E-state index in [1.54, 1.807) is 20.3 Å². The van der Waals surface area contributed by atoms with Crippen molar-refractivity contribution in [3.05, 3.63) is 96.3 Å². The van der Waals surface area contributed by atoms with E-state index in [4.69, 9.17) is 14.2 Å². The predicted molar refractivity (Wildman–Crippen MR) is 137 cm³/mol. The van der Waals surface area contributed by atoms with Crippen molar-refractivity contribution in [1.82, 2.24) is 9.97 Å². The van der Waals surface area contributed by atoms with Crippen molar-refractivity contribution >= 4 is 11.8 Å². The fourth-order valence-corrected chi connectivity index (χ4v) is 3.66. The number of carboxylic acid groups (broad SMARTS) is 1. The molecule has 0 spiro atoms. The van der Waals surface area contributed by atoms with E-state index in [1.807, 2.05) is 72.8 Å². The van der Waals surface area contributed by atoms with Crippen LogP contribution < -0.4 is 19.5 Å². The number of carbonyl (C=O) groups is 1. The Balaban J connectivity index is 1.42. The lowest BCUT2D eigenvalue weighted by molar-refractivity contribution is -0.137. The van der Waals surface area contributed by atoms with Crippen LogP contribution in [0.25, 0.3) is 11.3 Å². The van der Waals surface area contributed by atoms with E-state index in [-0.39, 0.29) is 0 Å². The molecule has 0 unspecified atom stereocenters. The number of anilines is 1. The van der Waals surface area contributed by atoms with Crippen molar-refractivity contribution in [2.24, 2.45) is 0 Å². The van der Waals surface area contributed by atoms with Gasteiger partial charge in [-0.3, -0.25) is 0 Å². The van der Waals surface area contributed by atoms with Crippen molar-refractivity contribution in [3.8, 4) is 28.5 Å². The molecule has 0 fully saturated rings. The SMILES string of the molecule is COc1cc(COc2ccc(-c3cc(N[C@@H](Cc4ccccc4)C(=O)O)ncn3)cc2)cc(OC)c1. The molecule has 0 aliphatic rings. The second kappa shape index (κ2) is 11.7. The number of carboxylic acids is 1. The van der Waals surface area contributed by atoms with Crippen LogP contribution in [0.2, 0.25) is 0 Å². The van der Waals surface area contributed by atoms with Crippen molar-refractivity contribution < 1.29 is 24.1 Å². The zero-order valence-corrected chi connectivity index (χ0v) is 20.0. The molecule has 0 saturated carbocycles. The third-order valence-electron chi connectivity index (χ3n) is 5.54. The molecule has 8 nitrogen and oxygen atoms in total. The summed E-state index contributed by atoms with van der Waals surface area (Å²) in [5.74, 6) is 1.59. The first-order chi connectivity index (χ1) is 17.5. The third kappa shape index (κ3) is 6.50. The molecule has 2 N–H and O–H groups in total. The Morgan fingerprint density at radius 1 is 0.861 bits per heavy atom. The van der Waals surface area contributed by atoms with E-state index in [0.717, 1.165) is 16.7 Å². The quantitative estimate of drug-likeness (QED) is 0.311. The van der Waals surface area contributed by atoms with E-state index < -0.39 is 12.0 Å². The Morgan fingerprint density at radius 3 is 2.19 bits per heavy atom. The second-order valence-corrected chi connectivity index (χ2v) is 8.05. The number of nitrogens with one attached hydrogen (secondary N) is 1. The monoisotopic (exact) mass is 485 g/mol. The predicted octanol–water partition coefficient (Wildman–Crippen LogP) is 4.85. The summed E-state index contributed by atoms with van der Waals surface area (Å²) in [4.78, 5) is 20.3. The Kier molecular flexibility index (Phi) is 7.97. The Hall–Kier alpha value is -4.59. The lowest BCUT2D eigenvalue weighted by Gasteiger charge is -2.15. The lowest BCUT2D eigenvalue weighted by Crippen LogP contribution is -2.31. The Bertz CT molecular complexity index is 1270. The second-order valence-electron chi connectivity index (χ2n) is 8.05. The van der Waals surface area contributed by atoms with Gasteiger partial charge in [0.2, 0.25) is 0 Å². The van der Waals surface area contributed by atoms with Crippen molar-refractivity contribution in [2.75, 3.05) is 19.5 Å². The fourth-order valence-electron chi connectivity index (χ4n) is 3.66. The van der Waals surface area contributed by atoms with Crippen LogP contribution in [-0.4, -0.2) is 41.3 Å². The Labute approximate surface area is 209 Å². The standard InChI is InChI=1S/C28H27N3O5/c1-34-23-12-20(13-24(15-23)35-2)17-36-22-10-8-21(9-11-22)25-16-27(30-18-29-25)31-26(28(32)33)14-19-6-4-3-5-7-19/h3-13,15-16,18,26H,14,17H2,1-2H3,(H,32,33)(H,29,30,31)/t26-/m0/s1. The van der Waals surface area contributed by atoms with Gasteiger partial charge in [0.15, 0.2) is 0 Å². The van der Waals surface area contributed by atoms with Crippen LogP contribution in [0.1, 0.15) is 11.1 Å². The van der Waals surface area contributed by atoms with E-state index in [1.165, 1.54) is 6.33 Å². The molecule has 0 radical (unpaired) electrons. The minimum Gasteiger partial charge on any atom is -0.497 e. The topological polar surface area (TPSA) is 103 Å². The summed E-state index contributed by atoms with van der Waals surface area (Å²) in [7, 11) is 3.22. The molecule has 0 amide bonds. The van der Waals surface area contributed by atoms with Gasteiger partial charge in [-0.25, -0.2) is 14.8 Å². The molecular formula is C28H27N3O5. The minimum absolute atomic E-state index is 0.334. The van der Waals surface area contributed by atoms with Gasteiger partial charge in [0.05, 0.1) is 19.9 Å². The molecule has 4 rings (SSSR count). The van der Waals surface area contributed by atoms with Crippen LogP contribution in [0, 0.1) is 0 Å². The number of aromatic nitrogens is 2. The maximum atomic E-state index is 11.8.